The van der Waals surface area contributed by atoms with Gasteiger partial charge < -0.3 is 14.5 Å². The van der Waals surface area contributed by atoms with E-state index in [1.165, 1.54) is 0 Å². The van der Waals surface area contributed by atoms with Crippen molar-refractivity contribution in [3.8, 4) is 0 Å². The molecule has 1 amide bonds. The molecular weight excluding hydrogens is 196 g/mol. The summed E-state index contributed by atoms with van der Waals surface area (Å²) in [5, 5.41) is 2.72. The van der Waals surface area contributed by atoms with E-state index in [-0.39, 0.29) is 18.6 Å². The lowest BCUT2D eigenvalue weighted by atomic mass is 10.3. The first kappa shape index (κ1) is 11.7. The monoisotopic (exact) mass is 212 g/mol. The lowest BCUT2D eigenvalue weighted by Gasteiger charge is -2.09. The van der Waals surface area contributed by atoms with Crippen molar-refractivity contribution in [3.63, 3.8) is 0 Å². The number of hydrogen-bond acceptors (Lipinski definition) is 4. The van der Waals surface area contributed by atoms with E-state index in [0.717, 1.165) is 5.76 Å². The molecule has 1 unspecified atom stereocenters. The standard InChI is InChI=1S/C10H16N2O3/c1-4-14-6-9(13)12-8(3)10-11-5-7(2)15-10/h5,8H,4,6H2,1-3H3,(H,12,13). The number of carbonyl (C=O) groups excluding carboxylic acids is 1. The summed E-state index contributed by atoms with van der Waals surface area (Å²) in [5.41, 5.74) is 0. The SMILES string of the molecule is CCOCC(=O)NC(C)c1ncc(C)o1. The third-order valence-electron chi connectivity index (χ3n) is 1.82. The van der Waals surface area contributed by atoms with Crippen LogP contribution >= 0.6 is 0 Å². The smallest absolute Gasteiger partial charge is 0.246 e. The number of oxazole rings is 1. The summed E-state index contributed by atoms with van der Waals surface area (Å²) in [7, 11) is 0. The van der Waals surface area contributed by atoms with Gasteiger partial charge in [-0.05, 0) is 20.8 Å². The summed E-state index contributed by atoms with van der Waals surface area (Å²) < 4.78 is 10.3. The maximum Gasteiger partial charge on any atom is 0.246 e. The van der Waals surface area contributed by atoms with Crippen molar-refractivity contribution in [3.05, 3.63) is 17.8 Å². The molecule has 0 aliphatic carbocycles. The van der Waals surface area contributed by atoms with Crippen molar-refractivity contribution in [2.24, 2.45) is 0 Å². The van der Waals surface area contributed by atoms with Crippen LogP contribution in [-0.2, 0) is 9.53 Å². The molecule has 1 N–H and O–H groups in total. The summed E-state index contributed by atoms with van der Waals surface area (Å²) in [6.45, 7) is 6.06. The average molecular weight is 212 g/mol. The molecule has 1 aromatic rings. The summed E-state index contributed by atoms with van der Waals surface area (Å²) in [6.07, 6.45) is 1.63. The number of hydrogen-bond donors (Lipinski definition) is 1. The van der Waals surface area contributed by atoms with Crippen LogP contribution < -0.4 is 5.32 Å². The highest BCUT2D eigenvalue weighted by molar-refractivity contribution is 5.77. The van der Waals surface area contributed by atoms with Gasteiger partial charge in [0.05, 0.1) is 6.20 Å². The molecule has 1 atom stereocenters. The first-order chi connectivity index (χ1) is 7.13. The van der Waals surface area contributed by atoms with Crippen molar-refractivity contribution >= 4 is 5.91 Å². The minimum Gasteiger partial charge on any atom is -0.444 e. The fourth-order valence-electron chi connectivity index (χ4n) is 1.11. The number of rotatable bonds is 5. The van der Waals surface area contributed by atoms with Gasteiger partial charge in [0.25, 0.3) is 0 Å². The molecule has 0 saturated carbocycles. The second-order valence-electron chi connectivity index (χ2n) is 3.24. The fraction of sp³-hybridized carbons (Fsp3) is 0.600. The number of nitrogens with zero attached hydrogens (tertiary/aromatic N) is 1. The molecule has 15 heavy (non-hydrogen) atoms. The average Bonchev–Trinajstić information content (AvgIpc) is 2.61. The number of aryl methyl sites for hydroxylation is 1. The molecule has 0 aliphatic heterocycles. The molecule has 1 heterocycles. The molecule has 0 aromatic carbocycles. The number of amides is 1. The zero-order valence-electron chi connectivity index (χ0n) is 9.24. The first-order valence-electron chi connectivity index (χ1n) is 4.93. The summed E-state index contributed by atoms with van der Waals surface area (Å²) in [4.78, 5) is 15.3. The highest BCUT2D eigenvalue weighted by Gasteiger charge is 2.13. The molecule has 0 spiro atoms. The van der Waals surface area contributed by atoms with Gasteiger partial charge in [-0.1, -0.05) is 0 Å². The van der Waals surface area contributed by atoms with Crippen molar-refractivity contribution in [1.82, 2.24) is 10.3 Å². The Morgan fingerprint density at radius 3 is 3.00 bits per heavy atom. The van der Waals surface area contributed by atoms with Gasteiger partial charge in [0, 0.05) is 6.61 Å². The molecule has 5 nitrogen and oxygen atoms in total. The van der Waals surface area contributed by atoms with E-state index in [0.29, 0.717) is 12.5 Å². The van der Waals surface area contributed by atoms with Crippen LogP contribution in [0.4, 0.5) is 0 Å². The van der Waals surface area contributed by atoms with Gasteiger partial charge in [0.2, 0.25) is 11.8 Å². The van der Waals surface area contributed by atoms with Crippen molar-refractivity contribution in [2.45, 2.75) is 26.8 Å². The lowest BCUT2D eigenvalue weighted by Crippen LogP contribution is -2.30. The molecule has 1 rings (SSSR count). The normalized spacial score (nSPS) is 12.5. The van der Waals surface area contributed by atoms with E-state index in [2.05, 4.69) is 10.3 Å². The predicted octanol–water partition coefficient (Wildman–Crippen LogP) is 1.20. The van der Waals surface area contributed by atoms with Crippen LogP contribution in [0.5, 0.6) is 0 Å². The maximum absolute atomic E-state index is 11.3. The van der Waals surface area contributed by atoms with Crippen molar-refractivity contribution < 1.29 is 13.9 Å². The Labute approximate surface area is 88.8 Å². The summed E-state index contributed by atoms with van der Waals surface area (Å²) >= 11 is 0. The van der Waals surface area contributed by atoms with E-state index in [4.69, 9.17) is 9.15 Å². The first-order valence-corrected chi connectivity index (χ1v) is 4.93. The number of ether oxygens (including phenoxy) is 1. The van der Waals surface area contributed by atoms with Crippen molar-refractivity contribution in [1.29, 1.82) is 0 Å². The molecule has 0 radical (unpaired) electrons. The highest BCUT2D eigenvalue weighted by atomic mass is 16.5. The number of aromatic nitrogens is 1. The van der Waals surface area contributed by atoms with Crippen molar-refractivity contribution in [2.75, 3.05) is 13.2 Å². The minimum atomic E-state index is -0.230. The van der Waals surface area contributed by atoms with Gasteiger partial charge in [-0.3, -0.25) is 4.79 Å². The molecule has 5 heteroatoms. The Bertz CT molecular complexity index is 322. The largest absolute Gasteiger partial charge is 0.444 e. The predicted molar refractivity (Wildman–Crippen MR) is 54.3 cm³/mol. The molecule has 0 bridgehead atoms. The fourth-order valence-corrected chi connectivity index (χ4v) is 1.11. The molecule has 0 fully saturated rings. The van der Waals surface area contributed by atoms with E-state index in [9.17, 15) is 4.79 Å². The Hall–Kier alpha value is -1.36. The van der Waals surface area contributed by atoms with Gasteiger partial charge in [-0.2, -0.15) is 0 Å². The second kappa shape index (κ2) is 5.50. The Morgan fingerprint density at radius 1 is 1.73 bits per heavy atom. The van der Waals surface area contributed by atoms with Gasteiger partial charge >= 0.3 is 0 Å². The van der Waals surface area contributed by atoms with E-state index in [1.54, 1.807) is 6.20 Å². The second-order valence-corrected chi connectivity index (χ2v) is 3.24. The maximum atomic E-state index is 11.3. The van der Waals surface area contributed by atoms with Crippen LogP contribution in [0.25, 0.3) is 0 Å². The topological polar surface area (TPSA) is 64.4 Å². The number of carbonyl (C=O) groups is 1. The quantitative estimate of drug-likeness (QED) is 0.796. The molecule has 84 valence electrons. The van der Waals surface area contributed by atoms with Crippen LogP contribution in [0.1, 0.15) is 31.5 Å². The molecular formula is C10H16N2O3. The zero-order chi connectivity index (χ0) is 11.3. The van der Waals surface area contributed by atoms with Gasteiger partial charge in [0.15, 0.2) is 0 Å². The van der Waals surface area contributed by atoms with Crippen LogP contribution in [0.15, 0.2) is 10.6 Å². The zero-order valence-corrected chi connectivity index (χ0v) is 9.24. The highest BCUT2D eigenvalue weighted by Crippen LogP contribution is 2.11. The lowest BCUT2D eigenvalue weighted by molar-refractivity contribution is -0.126. The van der Waals surface area contributed by atoms with E-state index < -0.39 is 0 Å². The third kappa shape index (κ3) is 3.71. The van der Waals surface area contributed by atoms with Crippen LogP contribution in [0.3, 0.4) is 0 Å². The van der Waals surface area contributed by atoms with Gasteiger partial charge in [-0.15, -0.1) is 0 Å². The van der Waals surface area contributed by atoms with Crippen LogP contribution in [-0.4, -0.2) is 24.1 Å². The number of nitrogens with one attached hydrogen (secondary N) is 1. The van der Waals surface area contributed by atoms with Crippen LogP contribution in [0, 0.1) is 6.92 Å². The van der Waals surface area contributed by atoms with Crippen LogP contribution in [0.2, 0.25) is 0 Å². The van der Waals surface area contributed by atoms with Gasteiger partial charge in [-0.25, -0.2) is 4.98 Å². The minimum absolute atomic E-state index is 0.0700. The molecule has 0 aliphatic rings. The Kier molecular flexibility index (Phi) is 4.30. The molecule has 1 aromatic heterocycles. The Morgan fingerprint density at radius 2 is 2.47 bits per heavy atom. The Balaban J connectivity index is 2.41. The van der Waals surface area contributed by atoms with Gasteiger partial charge in [0.1, 0.15) is 18.4 Å². The van der Waals surface area contributed by atoms with E-state index in [1.807, 2.05) is 20.8 Å². The molecule has 0 saturated heterocycles. The summed E-state index contributed by atoms with van der Waals surface area (Å²) in [6, 6.07) is -0.230. The third-order valence-corrected chi connectivity index (χ3v) is 1.82. The summed E-state index contributed by atoms with van der Waals surface area (Å²) in [5.74, 6) is 1.08. The van der Waals surface area contributed by atoms with E-state index >= 15 is 0 Å².